The van der Waals surface area contributed by atoms with E-state index in [0.717, 1.165) is 25.3 Å². The molecule has 0 aliphatic carbocycles. The molecule has 0 bridgehead atoms. The SMILES string of the molecule is NCC1CNc2[nH]ncc2C1. The standard InChI is InChI=1S/C7H12N4/c8-2-5-1-6-4-10-11-7(6)9-3-5/h4-5H,1-3,8H2,(H2,9,10,11). The third kappa shape index (κ3) is 1.09. The maximum Gasteiger partial charge on any atom is 0.124 e. The molecular formula is C7H12N4. The van der Waals surface area contributed by atoms with Gasteiger partial charge in [0.1, 0.15) is 5.82 Å². The summed E-state index contributed by atoms with van der Waals surface area (Å²) >= 11 is 0. The normalized spacial score (nSPS) is 22.5. The lowest BCUT2D eigenvalue weighted by atomic mass is 9.98. The van der Waals surface area contributed by atoms with Crippen molar-refractivity contribution in [1.82, 2.24) is 10.2 Å². The molecule has 4 N–H and O–H groups in total. The van der Waals surface area contributed by atoms with Crippen molar-refractivity contribution in [3.05, 3.63) is 11.8 Å². The minimum Gasteiger partial charge on any atom is -0.370 e. The van der Waals surface area contributed by atoms with Crippen LogP contribution in [0.4, 0.5) is 5.82 Å². The maximum atomic E-state index is 5.56. The van der Waals surface area contributed by atoms with Gasteiger partial charge in [-0.25, -0.2) is 0 Å². The Balaban J connectivity index is 2.18. The molecule has 2 rings (SSSR count). The molecule has 1 atom stereocenters. The molecule has 0 radical (unpaired) electrons. The van der Waals surface area contributed by atoms with Crippen molar-refractivity contribution in [2.24, 2.45) is 11.7 Å². The molecule has 0 saturated carbocycles. The van der Waals surface area contributed by atoms with Gasteiger partial charge in [-0.1, -0.05) is 0 Å². The van der Waals surface area contributed by atoms with Crippen LogP contribution in [0.15, 0.2) is 6.20 Å². The predicted octanol–water partition coefficient (Wildman–Crippen LogP) is -0.0474. The molecule has 4 nitrogen and oxygen atoms in total. The summed E-state index contributed by atoms with van der Waals surface area (Å²) < 4.78 is 0. The Morgan fingerprint density at radius 3 is 3.45 bits per heavy atom. The maximum absolute atomic E-state index is 5.56. The van der Waals surface area contributed by atoms with Crippen LogP contribution < -0.4 is 11.1 Å². The van der Waals surface area contributed by atoms with Gasteiger partial charge in [-0.2, -0.15) is 5.10 Å². The van der Waals surface area contributed by atoms with Gasteiger partial charge in [0.05, 0.1) is 6.20 Å². The first-order chi connectivity index (χ1) is 5.40. The van der Waals surface area contributed by atoms with Crippen LogP contribution in [0.2, 0.25) is 0 Å². The van der Waals surface area contributed by atoms with Gasteiger partial charge in [-0.15, -0.1) is 0 Å². The Hall–Kier alpha value is -1.03. The smallest absolute Gasteiger partial charge is 0.124 e. The van der Waals surface area contributed by atoms with E-state index in [1.807, 2.05) is 6.20 Å². The molecule has 1 aromatic heterocycles. The number of rotatable bonds is 1. The number of hydrogen-bond donors (Lipinski definition) is 3. The number of nitrogens with one attached hydrogen (secondary N) is 2. The molecule has 1 aliphatic rings. The highest BCUT2D eigenvalue weighted by molar-refractivity contribution is 5.44. The number of aromatic amines is 1. The van der Waals surface area contributed by atoms with Crippen LogP contribution in [0, 0.1) is 5.92 Å². The quantitative estimate of drug-likeness (QED) is 0.528. The van der Waals surface area contributed by atoms with Crippen LogP contribution in [0.1, 0.15) is 5.56 Å². The monoisotopic (exact) mass is 152 g/mol. The molecule has 1 aromatic rings. The van der Waals surface area contributed by atoms with Crippen molar-refractivity contribution in [2.75, 3.05) is 18.4 Å². The molecule has 0 fully saturated rings. The van der Waals surface area contributed by atoms with Crippen LogP contribution >= 0.6 is 0 Å². The Bertz CT molecular complexity index is 242. The Labute approximate surface area is 65.2 Å². The van der Waals surface area contributed by atoms with Gasteiger partial charge in [0, 0.05) is 12.1 Å². The van der Waals surface area contributed by atoms with E-state index in [-0.39, 0.29) is 0 Å². The molecule has 2 heterocycles. The van der Waals surface area contributed by atoms with Gasteiger partial charge in [-0.3, -0.25) is 5.10 Å². The number of nitrogens with zero attached hydrogens (tertiary/aromatic N) is 1. The summed E-state index contributed by atoms with van der Waals surface area (Å²) in [5.41, 5.74) is 6.81. The molecule has 4 heteroatoms. The van der Waals surface area contributed by atoms with E-state index in [2.05, 4.69) is 15.5 Å². The molecule has 11 heavy (non-hydrogen) atoms. The van der Waals surface area contributed by atoms with E-state index in [0.29, 0.717) is 5.92 Å². The fourth-order valence-corrected chi connectivity index (χ4v) is 1.42. The van der Waals surface area contributed by atoms with Gasteiger partial charge in [0.25, 0.3) is 0 Å². The summed E-state index contributed by atoms with van der Waals surface area (Å²) in [6.07, 6.45) is 2.92. The van der Waals surface area contributed by atoms with Crippen molar-refractivity contribution in [1.29, 1.82) is 0 Å². The third-order valence-electron chi connectivity index (χ3n) is 2.13. The Kier molecular flexibility index (Phi) is 1.54. The molecular weight excluding hydrogens is 140 g/mol. The summed E-state index contributed by atoms with van der Waals surface area (Å²) in [4.78, 5) is 0. The van der Waals surface area contributed by atoms with Gasteiger partial charge in [-0.05, 0) is 18.9 Å². The van der Waals surface area contributed by atoms with E-state index in [1.54, 1.807) is 0 Å². The number of anilines is 1. The average Bonchev–Trinajstić information content (AvgIpc) is 2.50. The minimum atomic E-state index is 0.570. The van der Waals surface area contributed by atoms with Crippen molar-refractivity contribution in [3.63, 3.8) is 0 Å². The lowest BCUT2D eigenvalue weighted by Gasteiger charge is -2.21. The second kappa shape index (κ2) is 2.54. The van der Waals surface area contributed by atoms with Crippen LogP contribution in [0.25, 0.3) is 0 Å². The number of nitrogens with two attached hydrogens (primary N) is 1. The summed E-state index contributed by atoms with van der Waals surface area (Å²) in [6, 6.07) is 0. The first kappa shape index (κ1) is 6.67. The van der Waals surface area contributed by atoms with Crippen molar-refractivity contribution < 1.29 is 0 Å². The summed E-state index contributed by atoms with van der Waals surface area (Å²) in [7, 11) is 0. The van der Waals surface area contributed by atoms with Crippen molar-refractivity contribution in [3.8, 4) is 0 Å². The average molecular weight is 152 g/mol. The molecule has 0 spiro atoms. The Morgan fingerprint density at radius 2 is 2.64 bits per heavy atom. The fourth-order valence-electron chi connectivity index (χ4n) is 1.42. The molecule has 0 aromatic carbocycles. The zero-order chi connectivity index (χ0) is 7.68. The Morgan fingerprint density at radius 1 is 1.73 bits per heavy atom. The highest BCUT2D eigenvalue weighted by atomic mass is 15.2. The number of H-pyrrole nitrogens is 1. The lowest BCUT2D eigenvalue weighted by molar-refractivity contribution is 0.549. The number of fused-ring (bicyclic) bond motifs is 1. The van der Waals surface area contributed by atoms with Crippen LogP contribution in [0.3, 0.4) is 0 Å². The van der Waals surface area contributed by atoms with E-state index >= 15 is 0 Å². The fraction of sp³-hybridized carbons (Fsp3) is 0.571. The predicted molar refractivity (Wildman–Crippen MR) is 43.3 cm³/mol. The van der Waals surface area contributed by atoms with Gasteiger partial charge in [0.2, 0.25) is 0 Å². The van der Waals surface area contributed by atoms with Crippen molar-refractivity contribution in [2.45, 2.75) is 6.42 Å². The van der Waals surface area contributed by atoms with Crippen LogP contribution in [-0.2, 0) is 6.42 Å². The first-order valence-electron chi connectivity index (χ1n) is 3.86. The largest absolute Gasteiger partial charge is 0.370 e. The summed E-state index contributed by atoms with van der Waals surface area (Å²) in [5, 5.41) is 10.1. The second-order valence-electron chi connectivity index (χ2n) is 2.96. The van der Waals surface area contributed by atoms with E-state index in [4.69, 9.17) is 5.73 Å². The lowest BCUT2D eigenvalue weighted by Crippen LogP contribution is -2.28. The summed E-state index contributed by atoms with van der Waals surface area (Å²) in [5.74, 6) is 1.63. The van der Waals surface area contributed by atoms with Crippen LogP contribution in [0.5, 0.6) is 0 Å². The van der Waals surface area contributed by atoms with E-state index in [1.165, 1.54) is 5.56 Å². The second-order valence-corrected chi connectivity index (χ2v) is 2.96. The van der Waals surface area contributed by atoms with Gasteiger partial charge in [0.15, 0.2) is 0 Å². The van der Waals surface area contributed by atoms with E-state index < -0.39 is 0 Å². The first-order valence-corrected chi connectivity index (χ1v) is 3.86. The zero-order valence-corrected chi connectivity index (χ0v) is 6.30. The topological polar surface area (TPSA) is 66.7 Å². The number of aromatic nitrogens is 2. The zero-order valence-electron chi connectivity index (χ0n) is 6.30. The van der Waals surface area contributed by atoms with Crippen molar-refractivity contribution >= 4 is 5.82 Å². The van der Waals surface area contributed by atoms with Crippen LogP contribution in [-0.4, -0.2) is 23.3 Å². The molecule has 60 valence electrons. The minimum absolute atomic E-state index is 0.570. The van der Waals surface area contributed by atoms with E-state index in [9.17, 15) is 0 Å². The summed E-state index contributed by atoms with van der Waals surface area (Å²) in [6.45, 7) is 1.71. The van der Waals surface area contributed by atoms with Gasteiger partial charge >= 0.3 is 0 Å². The highest BCUT2D eigenvalue weighted by Gasteiger charge is 2.17. The van der Waals surface area contributed by atoms with Gasteiger partial charge < -0.3 is 11.1 Å². The molecule has 1 aliphatic heterocycles. The number of hydrogen-bond acceptors (Lipinski definition) is 3. The molecule has 0 amide bonds. The highest BCUT2D eigenvalue weighted by Crippen LogP contribution is 2.20. The third-order valence-corrected chi connectivity index (χ3v) is 2.13. The molecule has 1 unspecified atom stereocenters. The molecule has 0 saturated heterocycles.